The van der Waals surface area contributed by atoms with Gasteiger partial charge in [-0.2, -0.15) is 0 Å². The summed E-state index contributed by atoms with van der Waals surface area (Å²) in [4.78, 5) is 14.7. The molecule has 0 radical (unpaired) electrons. The second-order valence-electron chi connectivity index (χ2n) is 12.4. The van der Waals surface area contributed by atoms with Crippen molar-refractivity contribution >= 4 is 40.4 Å². The number of benzene rings is 6. The smallest absolute Gasteiger partial charge is 0.164 e. The van der Waals surface area contributed by atoms with Gasteiger partial charge in [0.05, 0.1) is 0 Å². The van der Waals surface area contributed by atoms with Crippen molar-refractivity contribution < 1.29 is 4.42 Å². The Morgan fingerprint density at radius 3 is 1.65 bits per heavy atom. The molecule has 4 nitrogen and oxygen atoms in total. The molecule has 0 atom stereocenters. The van der Waals surface area contributed by atoms with Crippen LogP contribution < -0.4 is 10.4 Å². The molecule has 218 valence electrons. The topological polar surface area (TPSA) is 51.8 Å². The van der Waals surface area contributed by atoms with Gasteiger partial charge in [0, 0.05) is 33.0 Å². The standard InChI is InChI=1S/C41H29N3OSi/c1-46(2)34-20-12-10-18-31(34)37-35(46)25-32(36-30-17-9-11-19-33(30)45-38(36)37)26-21-23-29(24-22-26)41-43-39(27-13-5-3-6-14-27)42-40(44-41)28-15-7-4-8-16-28/h3-25H,1-2H3. The summed E-state index contributed by atoms with van der Waals surface area (Å²) in [6, 6.07) is 48.6. The lowest BCUT2D eigenvalue weighted by molar-refractivity contribution is 0.670. The largest absolute Gasteiger partial charge is 0.455 e. The van der Waals surface area contributed by atoms with E-state index in [9.17, 15) is 0 Å². The van der Waals surface area contributed by atoms with Crippen molar-refractivity contribution in [2.75, 3.05) is 0 Å². The molecule has 1 aliphatic rings. The molecule has 9 rings (SSSR count). The fraction of sp³-hybridized carbons (Fsp3) is 0.0488. The second-order valence-corrected chi connectivity index (χ2v) is 16.8. The van der Waals surface area contributed by atoms with Gasteiger partial charge in [-0.25, -0.2) is 15.0 Å². The third kappa shape index (κ3) is 4.09. The zero-order chi connectivity index (χ0) is 30.8. The van der Waals surface area contributed by atoms with Gasteiger partial charge in [0.2, 0.25) is 0 Å². The van der Waals surface area contributed by atoms with Crippen molar-refractivity contribution in [1.82, 2.24) is 15.0 Å². The molecule has 0 fully saturated rings. The summed E-state index contributed by atoms with van der Waals surface area (Å²) in [7, 11) is -1.94. The fourth-order valence-electron chi connectivity index (χ4n) is 7.02. The molecule has 0 amide bonds. The molecule has 8 aromatic rings. The summed E-state index contributed by atoms with van der Waals surface area (Å²) < 4.78 is 6.71. The van der Waals surface area contributed by atoms with Crippen LogP contribution in [0.1, 0.15) is 0 Å². The Labute approximate surface area is 268 Å². The van der Waals surface area contributed by atoms with E-state index in [1.54, 1.807) is 0 Å². The normalized spacial score (nSPS) is 13.2. The highest BCUT2D eigenvalue weighted by Crippen LogP contribution is 2.44. The Morgan fingerprint density at radius 2 is 1.00 bits per heavy atom. The van der Waals surface area contributed by atoms with Gasteiger partial charge in [0.15, 0.2) is 17.5 Å². The third-order valence-corrected chi connectivity index (χ3v) is 12.9. The first kappa shape index (κ1) is 26.7. The molecule has 3 heterocycles. The Kier molecular flexibility index (Phi) is 5.92. The average molecular weight is 608 g/mol. The number of para-hydroxylation sites is 1. The van der Waals surface area contributed by atoms with Crippen LogP contribution in [0.3, 0.4) is 0 Å². The molecule has 0 saturated carbocycles. The minimum Gasteiger partial charge on any atom is -0.455 e. The SMILES string of the molecule is C[Si]1(C)c2ccccc2-c2c1cc(-c1ccc(-c3nc(-c4ccccc4)nc(-c4ccccc4)n3)cc1)c1c2oc2ccccc21. The molecule has 2 aromatic heterocycles. The van der Waals surface area contributed by atoms with Gasteiger partial charge >= 0.3 is 0 Å². The highest BCUT2D eigenvalue weighted by molar-refractivity contribution is 7.04. The van der Waals surface area contributed by atoms with E-state index in [2.05, 4.69) is 85.9 Å². The van der Waals surface area contributed by atoms with Gasteiger partial charge < -0.3 is 4.42 Å². The fourth-order valence-corrected chi connectivity index (χ4v) is 10.1. The van der Waals surface area contributed by atoms with E-state index < -0.39 is 8.07 Å². The molecule has 0 unspecified atom stereocenters. The van der Waals surface area contributed by atoms with Crippen molar-refractivity contribution in [2.45, 2.75) is 13.1 Å². The van der Waals surface area contributed by atoms with E-state index in [1.807, 2.05) is 66.7 Å². The van der Waals surface area contributed by atoms with E-state index in [4.69, 9.17) is 19.4 Å². The molecule has 46 heavy (non-hydrogen) atoms. The van der Waals surface area contributed by atoms with Crippen LogP contribution in [0.2, 0.25) is 13.1 Å². The monoisotopic (exact) mass is 607 g/mol. The highest BCUT2D eigenvalue weighted by Gasteiger charge is 2.40. The number of aromatic nitrogens is 3. The summed E-state index contributed by atoms with van der Waals surface area (Å²) in [6.45, 7) is 4.91. The first-order valence-corrected chi connectivity index (χ1v) is 18.6. The summed E-state index contributed by atoms with van der Waals surface area (Å²) in [5, 5.41) is 5.21. The van der Waals surface area contributed by atoms with Gasteiger partial charge in [0.1, 0.15) is 19.2 Å². The number of hydrogen-bond acceptors (Lipinski definition) is 4. The van der Waals surface area contributed by atoms with Crippen molar-refractivity contribution in [3.8, 4) is 56.4 Å². The number of hydrogen-bond donors (Lipinski definition) is 0. The van der Waals surface area contributed by atoms with Crippen LogP contribution in [0.5, 0.6) is 0 Å². The Bertz CT molecular complexity index is 2370. The summed E-state index contributed by atoms with van der Waals surface area (Å²) in [5.41, 5.74) is 9.69. The van der Waals surface area contributed by atoms with Gasteiger partial charge in [-0.3, -0.25) is 0 Å². The molecule has 0 spiro atoms. The number of fused-ring (bicyclic) bond motifs is 7. The predicted molar refractivity (Wildman–Crippen MR) is 191 cm³/mol. The lowest BCUT2D eigenvalue weighted by Gasteiger charge is -2.20. The Morgan fingerprint density at radius 1 is 0.478 bits per heavy atom. The Balaban J connectivity index is 1.22. The van der Waals surface area contributed by atoms with Crippen LogP contribution in [-0.2, 0) is 0 Å². The summed E-state index contributed by atoms with van der Waals surface area (Å²) >= 11 is 0. The van der Waals surface area contributed by atoms with Crippen LogP contribution in [0.4, 0.5) is 0 Å². The number of rotatable bonds is 4. The van der Waals surface area contributed by atoms with Crippen LogP contribution in [-0.4, -0.2) is 23.0 Å². The van der Waals surface area contributed by atoms with E-state index in [0.29, 0.717) is 17.5 Å². The average Bonchev–Trinajstić information content (AvgIpc) is 3.61. The first-order chi connectivity index (χ1) is 22.6. The summed E-state index contributed by atoms with van der Waals surface area (Å²) in [5.74, 6) is 1.96. The molecular weight excluding hydrogens is 579 g/mol. The van der Waals surface area contributed by atoms with Crippen LogP contribution >= 0.6 is 0 Å². The maximum Gasteiger partial charge on any atom is 0.164 e. The first-order valence-electron chi connectivity index (χ1n) is 15.6. The number of furan rings is 1. The molecule has 0 N–H and O–H groups in total. The van der Waals surface area contributed by atoms with Crippen molar-refractivity contribution in [2.24, 2.45) is 0 Å². The van der Waals surface area contributed by atoms with Gasteiger partial charge in [0.25, 0.3) is 0 Å². The van der Waals surface area contributed by atoms with Crippen molar-refractivity contribution in [1.29, 1.82) is 0 Å². The second kappa shape index (κ2) is 10.2. The maximum atomic E-state index is 6.71. The minimum atomic E-state index is -1.94. The van der Waals surface area contributed by atoms with Crippen LogP contribution in [0, 0.1) is 0 Å². The van der Waals surface area contributed by atoms with E-state index >= 15 is 0 Å². The molecule has 1 aliphatic heterocycles. The van der Waals surface area contributed by atoms with Crippen LogP contribution in [0.25, 0.3) is 78.4 Å². The van der Waals surface area contributed by atoms with Crippen molar-refractivity contribution in [3.63, 3.8) is 0 Å². The third-order valence-electron chi connectivity index (χ3n) is 9.35. The number of nitrogens with zero attached hydrogens (tertiary/aromatic N) is 3. The molecule has 0 bridgehead atoms. The molecule has 0 saturated heterocycles. The lowest BCUT2D eigenvalue weighted by atomic mass is 9.94. The Hall–Kier alpha value is -5.65. The molecule has 0 aliphatic carbocycles. The molecule has 5 heteroatoms. The van der Waals surface area contributed by atoms with Crippen molar-refractivity contribution in [3.05, 3.63) is 140 Å². The van der Waals surface area contributed by atoms with Gasteiger partial charge in [-0.15, -0.1) is 0 Å². The highest BCUT2D eigenvalue weighted by atomic mass is 28.3. The maximum absolute atomic E-state index is 6.71. The van der Waals surface area contributed by atoms with Gasteiger partial charge in [-0.1, -0.05) is 147 Å². The quantitative estimate of drug-likeness (QED) is 0.187. The predicted octanol–water partition coefficient (Wildman–Crippen LogP) is 9.24. The van der Waals surface area contributed by atoms with Gasteiger partial charge in [-0.05, 0) is 33.1 Å². The van der Waals surface area contributed by atoms with E-state index in [-0.39, 0.29) is 0 Å². The molecular formula is C41H29N3OSi. The lowest BCUT2D eigenvalue weighted by Crippen LogP contribution is -2.49. The van der Waals surface area contributed by atoms with E-state index in [1.165, 1.54) is 32.5 Å². The van der Waals surface area contributed by atoms with Crippen LogP contribution in [0.15, 0.2) is 144 Å². The zero-order valence-electron chi connectivity index (χ0n) is 25.5. The zero-order valence-corrected chi connectivity index (χ0v) is 26.5. The minimum absolute atomic E-state index is 0.649. The molecule has 6 aromatic carbocycles. The van der Waals surface area contributed by atoms with E-state index in [0.717, 1.165) is 38.8 Å². The summed E-state index contributed by atoms with van der Waals surface area (Å²) in [6.07, 6.45) is 0.